The number of rotatable bonds is 3. The number of hydrogen-bond acceptors (Lipinski definition) is 2. The Balaban J connectivity index is 1.53. The maximum atomic E-state index is 13.4. The molecule has 0 aromatic heterocycles. The molecule has 3 rings (SSSR count). The maximum Gasteiger partial charge on any atom is 0.225 e. The van der Waals surface area contributed by atoms with E-state index in [-0.39, 0.29) is 17.8 Å². The van der Waals surface area contributed by atoms with Crippen molar-refractivity contribution in [2.24, 2.45) is 11.8 Å². The van der Waals surface area contributed by atoms with Gasteiger partial charge < -0.3 is 4.90 Å². The van der Waals surface area contributed by atoms with E-state index in [1.807, 2.05) is 6.07 Å². The molecule has 0 spiro atoms. The van der Waals surface area contributed by atoms with Gasteiger partial charge in [0, 0.05) is 25.0 Å². The maximum absolute atomic E-state index is 13.4. The van der Waals surface area contributed by atoms with Crippen molar-refractivity contribution in [2.75, 3.05) is 26.2 Å². The van der Waals surface area contributed by atoms with Crippen LogP contribution < -0.4 is 0 Å². The van der Waals surface area contributed by atoms with Crippen LogP contribution in [0.25, 0.3) is 0 Å². The second kappa shape index (κ2) is 7.64. The summed E-state index contributed by atoms with van der Waals surface area (Å²) in [5.41, 5.74) is 1.02. The highest BCUT2D eigenvalue weighted by Gasteiger charge is 2.31. The molecule has 2 aliphatic heterocycles. The lowest BCUT2D eigenvalue weighted by Gasteiger charge is -2.38. The largest absolute Gasteiger partial charge is 0.342 e. The van der Waals surface area contributed by atoms with Crippen LogP contribution in [0.2, 0.25) is 0 Å². The standard InChI is InChI=1S/C20H29FN2O/c1-15-6-10-23(11-7-15)20(24)17-8-12-22(13-9-17)16(2)18-4-3-5-19(21)14-18/h3-5,14-17H,6-13H2,1-2H3/t16-/m1/s1. The van der Waals surface area contributed by atoms with Crippen molar-refractivity contribution in [2.45, 2.75) is 45.6 Å². The van der Waals surface area contributed by atoms with Crippen molar-refractivity contribution in [3.05, 3.63) is 35.6 Å². The Labute approximate surface area is 144 Å². The zero-order valence-electron chi connectivity index (χ0n) is 14.9. The number of carbonyl (C=O) groups is 1. The molecule has 2 saturated heterocycles. The number of carbonyl (C=O) groups excluding carboxylic acids is 1. The summed E-state index contributed by atoms with van der Waals surface area (Å²) in [4.78, 5) is 17.2. The van der Waals surface area contributed by atoms with Gasteiger partial charge in [-0.1, -0.05) is 19.1 Å². The number of likely N-dealkylation sites (tertiary alicyclic amines) is 2. The van der Waals surface area contributed by atoms with Crippen molar-refractivity contribution in [1.82, 2.24) is 9.80 Å². The van der Waals surface area contributed by atoms with Gasteiger partial charge in [0.25, 0.3) is 0 Å². The predicted molar refractivity (Wildman–Crippen MR) is 94.1 cm³/mol. The first kappa shape index (κ1) is 17.4. The quantitative estimate of drug-likeness (QED) is 0.839. The van der Waals surface area contributed by atoms with Crippen molar-refractivity contribution < 1.29 is 9.18 Å². The van der Waals surface area contributed by atoms with Crippen LogP contribution in [0.3, 0.4) is 0 Å². The van der Waals surface area contributed by atoms with Crippen molar-refractivity contribution in [1.29, 1.82) is 0 Å². The van der Waals surface area contributed by atoms with Crippen LogP contribution in [0.15, 0.2) is 24.3 Å². The number of halogens is 1. The third-order valence-electron chi connectivity index (χ3n) is 5.85. The van der Waals surface area contributed by atoms with Crippen LogP contribution in [-0.2, 0) is 4.79 Å². The first-order valence-corrected chi connectivity index (χ1v) is 9.33. The molecule has 0 radical (unpaired) electrons. The molecule has 0 bridgehead atoms. The van der Waals surface area contributed by atoms with Crippen molar-refractivity contribution in [3.63, 3.8) is 0 Å². The first-order chi connectivity index (χ1) is 11.5. The molecular weight excluding hydrogens is 303 g/mol. The number of benzene rings is 1. The van der Waals surface area contributed by atoms with E-state index in [1.165, 1.54) is 6.07 Å². The van der Waals surface area contributed by atoms with Gasteiger partial charge in [-0.05, 0) is 69.3 Å². The molecule has 3 nitrogen and oxygen atoms in total. The zero-order valence-corrected chi connectivity index (χ0v) is 14.9. The predicted octanol–water partition coefficient (Wildman–Crippen LogP) is 3.86. The fraction of sp³-hybridized carbons (Fsp3) is 0.650. The second-order valence-corrected chi connectivity index (χ2v) is 7.55. The van der Waals surface area contributed by atoms with Crippen LogP contribution >= 0.6 is 0 Å². The third kappa shape index (κ3) is 3.97. The Morgan fingerprint density at radius 1 is 1.12 bits per heavy atom. The number of nitrogens with zero attached hydrogens (tertiary/aromatic N) is 2. The lowest BCUT2D eigenvalue weighted by Crippen LogP contribution is -2.45. The Morgan fingerprint density at radius 2 is 1.79 bits per heavy atom. The highest BCUT2D eigenvalue weighted by Crippen LogP contribution is 2.29. The molecule has 0 unspecified atom stereocenters. The van der Waals surface area contributed by atoms with Gasteiger partial charge in [-0.25, -0.2) is 4.39 Å². The van der Waals surface area contributed by atoms with Gasteiger partial charge in [-0.2, -0.15) is 0 Å². The van der Waals surface area contributed by atoms with Gasteiger partial charge in [0.05, 0.1) is 0 Å². The third-order valence-corrected chi connectivity index (χ3v) is 5.85. The van der Waals surface area contributed by atoms with E-state index in [0.29, 0.717) is 5.91 Å². The lowest BCUT2D eigenvalue weighted by molar-refractivity contribution is -0.138. The van der Waals surface area contributed by atoms with Gasteiger partial charge in [0.1, 0.15) is 5.82 Å². The lowest BCUT2D eigenvalue weighted by atomic mass is 9.91. The van der Waals surface area contributed by atoms with E-state index >= 15 is 0 Å². The van der Waals surface area contributed by atoms with Crippen molar-refractivity contribution in [3.8, 4) is 0 Å². The van der Waals surface area contributed by atoms with Gasteiger partial charge in [0.2, 0.25) is 5.91 Å². The minimum Gasteiger partial charge on any atom is -0.342 e. The van der Waals surface area contributed by atoms with E-state index in [1.54, 1.807) is 12.1 Å². The van der Waals surface area contributed by atoms with Crippen LogP contribution in [0.5, 0.6) is 0 Å². The van der Waals surface area contributed by atoms with Gasteiger partial charge in [-0.15, -0.1) is 0 Å². The van der Waals surface area contributed by atoms with Gasteiger partial charge in [-0.3, -0.25) is 9.69 Å². The molecule has 1 amide bonds. The monoisotopic (exact) mass is 332 g/mol. The zero-order chi connectivity index (χ0) is 17.1. The summed E-state index contributed by atoms with van der Waals surface area (Å²) >= 11 is 0. The SMILES string of the molecule is CC1CCN(C(=O)C2CCN([C@H](C)c3cccc(F)c3)CC2)CC1. The highest BCUT2D eigenvalue weighted by molar-refractivity contribution is 5.79. The Bertz CT molecular complexity index is 561. The molecule has 1 aromatic rings. The highest BCUT2D eigenvalue weighted by atomic mass is 19.1. The summed E-state index contributed by atoms with van der Waals surface area (Å²) in [5, 5.41) is 0. The van der Waals surface area contributed by atoms with E-state index in [9.17, 15) is 9.18 Å². The molecule has 2 aliphatic rings. The number of piperidine rings is 2. The summed E-state index contributed by atoms with van der Waals surface area (Å²) in [6, 6.07) is 7.07. The number of hydrogen-bond donors (Lipinski definition) is 0. The molecule has 1 atom stereocenters. The van der Waals surface area contributed by atoms with Gasteiger partial charge in [0.15, 0.2) is 0 Å². The van der Waals surface area contributed by atoms with E-state index in [2.05, 4.69) is 23.6 Å². The van der Waals surface area contributed by atoms with Crippen LogP contribution in [0.4, 0.5) is 4.39 Å². The van der Waals surface area contributed by atoms with Crippen molar-refractivity contribution >= 4 is 5.91 Å². The molecule has 2 fully saturated rings. The Morgan fingerprint density at radius 3 is 2.42 bits per heavy atom. The molecule has 24 heavy (non-hydrogen) atoms. The average Bonchev–Trinajstić information content (AvgIpc) is 2.61. The molecule has 0 saturated carbocycles. The Kier molecular flexibility index (Phi) is 5.54. The van der Waals surface area contributed by atoms with E-state index < -0.39 is 0 Å². The van der Waals surface area contributed by atoms with Crippen LogP contribution in [-0.4, -0.2) is 41.9 Å². The van der Waals surface area contributed by atoms with Gasteiger partial charge >= 0.3 is 0 Å². The molecule has 0 aliphatic carbocycles. The summed E-state index contributed by atoms with van der Waals surface area (Å²) < 4.78 is 13.4. The summed E-state index contributed by atoms with van der Waals surface area (Å²) in [6.45, 7) is 8.09. The molecule has 132 valence electrons. The molecular formula is C20H29FN2O. The average molecular weight is 332 g/mol. The summed E-state index contributed by atoms with van der Waals surface area (Å²) in [6.07, 6.45) is 4.12. The molecule has 0 N–H and O–H groups in total. The minimum absolute atomic E-state index is 0.175. The summed E-state index contributed by atoms with van der Waals surface area (Å²) in [7, 11) is 0. The van der Waals surface area contributed by atoms with Crippen LogP contribution in [0.1, 0.15) is 51.1 Å². The first-order valence-electron chi connectivity index (χ1n) is 9.33. The molecule has 2 heterocycles. The minimum atomic E-state index is -0.177. The molecule has 1 aromatic carbocycles. The fourth-order valence-electron chi connectivity index (χ4n) is 4.00. The summed E-state index contributed by atoms with van der Waals surface area (Å²) in [5.74, 6) is 1.11. The Hall–Kier alpha value is -1.42. The van der Waals surface area contributed by atoms with Crippen LogP contribution in [0, 0.1) is 17.7 Å². The normalized spacial score (nSPS) is 22.5. The topological polar surface area (TPSA) is 23.6 Å². The van der Waals surface area contributed by atoms with E-state index in [4.69, 9.17) is 0 Å². The number of amides is 1. The fourth-order valence-corrected chi connectivity index (χ4v) is 4.00. The van der Waals surface area contributed by atoms with E-state index in [0.717, 1.165) is 63.3 Å². The second-order valence-electron chi connectivity index (χ2n) is 7.55. The smallest absolute Gasteiger partial charge is 0.225 e. The molecule has 4 heteroatoms.